The fourth-order valence-electron chi connectivity index (χ4n) is 3.18. The normalized spacial score (nSPS) is 20.5. The van der Waals surface area contributed by atoms with Crippen molar-refractivity contribution < 1.29 is 4.74 Å². The van der Waals surface area contributed by atoms with E-state index in [4.69, 9.17) is 4.74 Å². The lowest BCUT2D eigenvalue weighted by Crippen LogP contribution is -2.39. The zero-order valence-electron chi connectivity index (χ0n) is 13.2. The summed E-state index contributed by atoms with van der Waals surface area (Å²) in [6.07, 6.45) is 6.06. The third-order valence-corrected chi connectivity index (χ3v) is 4.52. The molecule has 1 aromatic carbocycles. The molecule has 0 N–H and O–H groups in total. The fraction of sp³-hybridized carbons (Fsp3) is 0.421. The number of aromatic nitrogens is 1. The van der Waals surface area contributed by atoms with Crippen molar-refractivity contribution in [2.75, 3.05) is 19.7 Å². The van der Waals surface area contributed by atoms with Crippen molar-refractivity contribution in [3.05, 3.63) is 60.4 Å². The van der Waals surface area contributed by atoms with Crippen LogP contribution in [0.15, 0.2) is 54.9 Å². The molecule has 0 aliphatic carbocycles. The number of ether oxygens (including phenoxy) is 1. The minimum Gasteiger partial charge on any atom is -0.493 e. The Morgan fingerprint density at radius 2 is 1.95 bits per heavy atom. The van der Waals surface area contributed by atoms with Crippen molar-refractivity contribution in [3.63, 3.8) is 0 Å². The monoisotopic (exact) mass is 296 g/mol. The summed E-state index contributed by atoms with van der Waals surface area (Å²) in [6, 6.07) is 15.1. The molecule has 1 aliphatic rings. The minimum absolute atomic E-state index is 0.477. The number of rotatable bonds is 5. The van der Waals surface area contributed by atoms with Crippen LogP contribution in [0.2, 0.25) is 0 Å². The largest absolute Gasteiger partial charge is 0.493 e. The first-order valence-corrected chi connectivity index (χ1v) is 8.15. The quantitative estimate of drug-likeness (QED) is 0.836. The molecule has 1 aromatic heterocycles. The fourth-order valence-corrected chi connectivity index (χ4v) is 3.18. The molecule has 3 heteroatoms. The summed E-state index contributed by atoms with van der Waals surface area (Å²) in [5.74, 6) is 1.52. The standard InChI is InChI=1S/C19H24N2O/c1-16(18-7-3-2-4-8-18)21-13-5-6-17(14-21)15-22-19-9-11-20-12-10-19/h2-4,7-12,16-17H,5-6,13-15H2,1H3. The van der Waals surface area contributed by atoms with Crippen molar-refractivity contribution >= 4 is 0 Å². The van der Waals surface area contributed by atoms with Gasteiger partial charge in [-0.1, -0.05) is 30.3 Å². The highest BCUT2D eigenvalue weighted by Crippen LogP contribution is 2.26. The Kier molecular flexibility index (Phi) is 5.07. The van der Waals surface area contributed by atoms with Gasteiger partial charge in [0.1, 0.15) is 5.75 Å². The van der Waals surface area contributed by atoms with E-state index in [1.807, 2.05) is 12.1 Å². The van der Waals surface area contributed by atoms with E-state index in [-0.39, 0.29) is 0 Å². The molecule has 3 rings (SSSR count). The van der Waals surface area contributed by atoms with Gasteiger partial charge in [-0.25, -0.2) is 0 Å². The van der Waals surface area contributed by atoms with Crippen molar-refractivity contribution in [2.24, 2.45) is 5.92 Å². The van der Waals surface area contributed by atoms with Crippen molar-refractivity contribution in [2.45, 2.75) is 25.8 Å². The maximum Gasteiger partial charge on any atom is 0.122 e. The summed E-state index contributed by atoms with van der Waals surface area (Å²) < 4.78 is 5.91. The molecule has 0 amide bonds. The summed E-state index contributed by atoms with van der Waals surface area (Å²) >= 11 is 0. The van der Waals surface area contributed by atoms with Crippen LogP contribution in [0.3, 0.4) is 0 Å². The number of hydrogen-bond acceptors (Lipinski definition) is 3. The molecule has 0 spiro atoms. The van der Waals surface area contributed by atoms with Crippen LogP contribution >= 0.6 is 0 Å². The predicted octanol–water partition coefficient (Wildman–Crippen LogP) is 3.93. The zero-order chi connectivity index (χ0) is 15.2. The van der Waals surface area contributed by atoms with Gasteiger partial charge >= 0.3 is 0 Å². The minimum atomic E-state index is 0.477. The number of piperidine rings is 1. The van der Waals surface area contributed by atoms with E-state index in [1.165, 1.54) is 24.9 Å². The Morgan fingerprint density at radius 3 is 2.73 bits per heavy atom. The average molecular weight is 296 g/mol. The van der Waals surface area contributed by atoms with Gasteiger partial charge in [-0.15, -0.1) is 0 Å². The van der Waals surface area contributed by atoms with Gasteiger partial charge in [0, 0.05) is 30.9 Å². The van der Waals surface area contributed by atoms with Crippen LogP contribution in [0.4, 0.5) is 0 Å². The Morgan fingerprint density at radius 1 is 1.18 bits per heavy atom. The van der Waals surface area contributed by atoms with Crippen molar-refractivity contribution in [1.29, 1.82) is 0 Å². The Hall–Kier alpha value is -1.87. The molecule has 0 radical (unpaired) electrons. The number of benzene rings is 1. The summed E-state index contributed by atoms with van der Waals surface area (Å²) in [7, 11) is 0. The van der Waals surface area contributed by atoms with Crippen LogP contribution in [0.25, 0.3) is 0 Å². The first kappa shape index (κ1) is 15.0. The van der Waals surface area contributed by atoms with E-state index < -0.39 is 0 Å². The van der Waals surface area contributed by atoms with Gasteiger partial charge in [0.25, 0.3) is 0 Å². The van der Waals surface area contributed by atoms with E-state index >= 15 is 0 Å². The third kappa shape index (κ3) is 3.86. The molecule has 2 heterocycles. The molecule has 116 valence electrons. The second-order valence-corrected chi connectivity index (χ2v) is 6.08. The van der Waals surface area contributed by atoms with Crippen LogP contribution in [0, 0.1) is 5.92 Å². The molecule has 1 aliphatic heterocycles. The van der Waals surface area contributed by atoms with Gasteiger partial charge in [-0.05, 0) is 44.0 Å². The Labute approximate surface area is 132 Å². The van der Waals surface area contributed by atoms with Crippen LogP contribution in [0.5, 0.6) is 5.75 Å². The van der Waals surface area contributed by atoms with Gasteiger partial charge in [-0.2, -0.15) is 0 Å². The summed E-state index contributed by atoms with van der Waals surface area (Å²) in [4.78, 5) is 6.60. The maximum atomic E-state index is 5.91. The lowest BCUT2D eigenvalue weighted by atomic mass is 9.96. The van der Waals surface area contributed by atoms with Crippen LogP contribution in [-0.2, 0) is 0 Å². The Balaban J connectivity index is 1.55. The molecular weight excluding hydrogens is 272 g/mol. The van der Waals surface area contributed by atoms with Gasteiger partial charge in [-0.3, -0.25) is 9.88 Å². The second kappa shape index (κ2) is 7.41. The summed E-state index contributed by atoms with van der Waals surface area (Å²) in [5, 5.41) is 0. The first-order valence-electron chi connectivity index (χ1n) is 8.15. The molecule has 0 bridgehead atoms. The lowest BCUT2D eigenvalue weighted by molar-refractivity contribution is 0.101. The average Bonchev–Trinajstić information content (AvgIpc) is 2.61. The second-order valence-electron chi connectivity index (χ2n) is 6.08. The number of pyridine rings is 1. The first-order chi connectivity index (χ1) is 10.8. The van der Waals surface area contributed by atoms with Crippen molar-refractivity contribution in [3.8, 4) is 5.75 Å². The van der Waals surface area contributed by atoms with Crippen molar-refractivity contribution in [1.82, 2.24) is 9.88 Å². The van der Waals surface area contributed by atoms with E-state index in [0.717, 1.165) is 18.9 Å². The maximum absolute atomic E-state index is 5.91. The predicted molar refractivity (Wildman–Crippen MR) is 88.9 cm³/mol. The summed E-state index contributed by atoms with van der Waals surface area (Å²) in [5.41, 5.74) is 1.40. The molecule has 2 aromatic rings. The molecule has 3 nitrogen and oxygen atoms in total. The van der Waals surface area contributed by atoms with Gasteiger partial charge in [0.05, 0.1) is 6.61 Å². The highest BCUT2D eigenvalue weighted by atomic mass is 16.5. The SMILES string of the molecule is CC(c1ccccc1)N1CCCC(COc2ccncc2)C1. The topological polar surface area (TPSA) is 25.4 Å². The van der Waals surface area contributed by atoms with Crippen LogP contribution < -0.4 is 4.74 Å². The lowest BCUT2D eigenvalue weighted by Gasteiger charge is -2.37. The Bertz CT molecular complexity index is 558. The highest BCUT2D eigenvalue weighted by Gasteiger charge is 2.24. The number of hydrogen-bond donors (Lipinski definition) is 0. The van der Waals surface area contributed by atoms with Crippen LogP contribution in [-0.4, -0.2) is 29.6 Å². The van der Waals surface area contributed by atoms with Gasteiger partial charge in [0.2, 0.25) is 0 Å². The summed E-state index contributed by atoms with van der Waals surface area (Å²) in [6.45, 7) is 5.40. The van der Waals surface area contributed by atoms with Crippen LogP contribution in [0.1, 0.15) is 31.4 Å². The van der Waals surface area contributed by atoms with Gasteiger partial charge < -0.3 is 4.74 Å². The third-order valence-electron chi connectivity index (χ3n) is 4.52. The number of likely N-dealkylation sites (tertiary alicyclic amines) is 1. The molecule has 22 heavy (non-hydrogen) atoms. The number of nitrogens with zero attached hydrogens (tertiary/aromatic N) is 2. The van der Waals surface area contributed by atoms with E-state index in [9.17, 15) is 0 Å². The van der Waals surface area contributed by atoms with E-state index in [0.29, 0.717) is 12.0 Å². The van der Waals surface area contributed by atoms with E-state index in [2.05, 4.69) is 47.1 Å². The smallest absolute Gasteiger partial charge is 0.122 e. The molecule has 1 saturated heterocycles. The highest BCUT2D eigenvalue weighted by molar-refractivity contribution is 5.19. The molecule has 2 unspecified atom stereocenters. The van der Waals surface area contributed by atoms with Gasteiger partial charge in [0.15, 0.2) is 0 Å². The molecule has 1 fully saturated rings. The zero-order valence-corrected chi connectivity index (χ0v) is 13.2. The molecular formula is C19H24N2O. The van der Waals surface area contributed by atoms with E-state index in [1.54, 1.807) is 12.4 Å². The molecule has 2 atom stereocenters. The molecule has 0 saturated carbocycles.